The first-order valence-electron chi connectivity index (χ1n) is 11.0. The molecule has 4 aromatic rings. The first kappa shape index (κ1) is 24.0. The largest absolute Gasteiger partial charge is 0.452 e. The van der Waals surface area contributed by atoms with Crippen LogP contribution in [0.4, 0.5) is 11.4 Å². The molecule has 0 bridgehead atoms. The summed E-state index contributed by atoms with van der Waals surface area (Å²) in [5.74, 6) is -1.09. The summed E-state index contributed by atoms with van der Waals surface area (Å²) in [7, 11) is -3.81. The molecule has 4 aromatic carbocycles. The van der Waals surface area contributed by atoms with Gasteiger partial charge in [0.1, 0.15) is 0 Å². The number of hydrogen-bond acceptors (Lipinski definition) is 5. The smallest absolute Gasteiger partial charge is 0.338 e. The molecule has 0 aliphatic carbocycles. The fraction of sp³-hybridized carbons (Fsp3) is 0.111. The summed E-state index contributed by atoms with van der Waals surface area (Å²) in [6.07, 6.45) is 0. The molecule has 178 valence electrons. The lowest BCUT2D eigenvalue weighted by Crippen LogP contribution is -2.34. The third kappa shape index (κ3) is 5.50. The maximum Gasteiger partial charge on any atom is 0.338 e. The Hall–Kier alpha value is -4.17. The van der Waals surface area contributed by atoms with Crippen LogP contribution in [0, 0.1) is 0 Å². The predicted octanol–water partition coefficient (Wildman–Crippen LogP) is 4.85. The van der Waals surface area contributed by atoms with Crippen LogP contribution in [0.25, 0.3) is 10.8 Å². The van der Waals surface area contributed by atoms with Crippen LogP contribution in [0.1, 0.15) is 17.3 Å². The van der Waals surface area contributed by atoms with Crippen molar-refractivity contribution in [1.82, 2.24) is 0 Å². The van der Waals surface area contributed by atoms with E-state index in [0.717, 1.165) is 16.5 Å². The monoisotopic (exact) mass is 488 g/mol. The number of carbonyl (C=O) groups is 2. The molecule has 0 atom stereocenters. The van der Waals surface area contributed by atoms with Crippen molar-refractivity contribution < 1.29 is 22.7 Å². The van der Waals surface area contributed by atoms with Crippen molar-refractivity contribution in [1.29, 1.82) is 0 Å². The minimum Gasteiger partial charge on any atom is -0.452 e. The number of rotatable bonds is 8. The minimum absolute atomic E-state index is 0.103. The highest BCUT2D eigenvalue weighted by molar-refractivity contribution is 7.92. The number of hydrogen-bond donors (Lipinski definition) is 1. The molecule has 35 heavy (non-hydrogen) atoms. The van der Waals surface area contributed by atoms with Crippen LogP contribution in [0.2, 0.25) is 0 Å². The number of amides is 1. The van der Waals surface area contributed by atoms with Crippen molar-refractivity contribution in [2.75, 3.05) is 22.8 Å². The van der Waals surface area contributed by atoms with E-state index in [9.17, 15) is 18.0 Å². The van der Waals surface area contributed by atoms with Gasteiger partial charge in [-0.1, -0.05) is 60.7 Å². The van der Waals surface area contributed by atoms with Crippen LogP contribution in [0.15, 0.2) is 102 Å². The van der Waals surface area contributed by atoms with Gasteiger partial charge in [0.2, 0.25) is 0 Å². The molecular weight excluding hydrogens is 464 g/mol. The van der Waals surface area contributed by atoms with E-state index in [0.29, 0.717) is 6.54 Å². The van der Waals surface area contributed by atoms with Gasteiger partial charge in [0, 0.05) is 17.6 Å². The Balaban J connectivity index is 1.45. The third-order valence-electron chi connectivity index (χ3n) is 5.41. The SMILES string of the molecule is CCN(C(=O)COC(=O)c1cccc(NS(=O)(=O)c2ccccc2)c1)c1cccc2ccccc12. The molecule has 0 saturated heterocycles. The third-order valence-corrected chi connectivity index (χ3v) is 6.80. The second kappa shape index (κ2) is 10.4. The van der Waals surface area contributed by atoms with E-state index >= 15 is 0 Å². The van der Waals surface area contributed by atoms with Crippen molar-refractivity contribution in [2.45, 2.75) is 11.8 Å². The van der Waals surface area contributed by atoms with Gasteiger partial charge in [-0.3, -0.25) is 9.52 Å². The Bertz CT molecular complexity index is 1460. The van der Waals surface area contributed by atoms with E-state index in [-0.39, 0.29) is 22.1 Å². The lowest BCUT2D eigenvalue weighted by Gasteiger charge is -2.22. The molecule has 1 N–H and O–H groups in total. The molecule has 0 spiro atoms. The van der Waals surface area contributed by atoms with E-state index in [2.05, 4.69) is 4.72 Å². The van der Waals surface area contributed by atoms with Gasteiger partial charge in [-0.15, -0.1) is 0 Å². The van der Waals surface area contributed by atoms with E-state index in [1.54, 1.807) is 23.1 Å². The summed E-state index contributed by atoms with van der Waals surface area (Å²) >= 11 is 0. The Morgan fingerprint density at radius 3 is 2.31 bits per heavy atom. The molecular formula is C27H24N2O5S. The average Bonchev–Trinajstić information content (AvgIpc) is 2.88. The van der Waals surface area contributed by atoms with Gasteiger partial charge in [-0.2, -0.15) is 0 Å². The molecule has 0 aliphatic rings. The van der Waals surface area contributed by atoms with E-state index < -0.39 is 22.6 Å². The molecule has 7 nitrogen and oxygen atoms in total. The Labute approximate surface area is 204 Å². The number of anilines is 2. The van der Waals surface area contributed by atoms with Crippen molar-refractivity contribution in [3.8, 4) is 0 Å². The average molecular weight is 489 g/mol. The van der Waals surface area contributed by atoms with Gasteiger partial charge in [-0.25, -0.2) is 13.2 Å². The van der Waals surface area contributed by atoms with Crippen LogP contribution in [0.3, 0.4) is 0 Å². The summed E-state index contributed by atoms with van der Waals surface area (Å²) in [6.45, 7) is 1.81. The zero-order valence-corrected chi connectivity index (χ0v) is 19.9. The number of carbonyl (C=O) groups excluding carboxylic acids is 2. The lowest BCUT2D eigenvalue weighted by molar-refractivity contribution is -0.121. The molecule has 8 heteroatoms. The van der Waals surface area contributed by atoms with Crippen molar-refractivity contribution in [3.63, 3.8) is 0 Å². The molecule has 0 aromatic heterocycles. The highest BCUT2D eigenvalue weighted by Gasteiger charge is 2.19. The number of fused-ring (bicyclic) bond motifs is 1. The number of likely N-dealkylation sites (N-methyl/N-ethyl adjacent to an activating group) is 1. The highest BCUT2D eigenvalue weighted by Crippen LogP contribution is 2.27. The number of nitrogens with one attached hydrogen (secondary N) is 1. The Morgan fingerprint density at radius 2 is 1.54 bits per heavy atom. The van der Waals surface area contributed by atoms with Crippen LogP contribution < -0.4 is 9.62 Å². The van der Waals surface area contributed by atoms with Gasteiger partial charge in [0.15, 0.2) is 6.61 Å². The first-order chi connectivity index (χ1) is 16.9. The van der Waals surface area contributed by atoms with E-state index in [1.165, 1.54) is 36.4 Å². The summed E-state index contributed by atoms with van der Waals surface area (Å²) in [5.41, 5.74) is 1.07. The highest BCUT2D eigenvalue weighted by atomic mass is 32.2. The standard InChI is InChI=1S/C27H24N2O5S/c1-2-29(25-17-9-11-20-10-6-7-16-24(20)25)26(30)19-34-27(31)21-12-8-13-22(18-21)28-35(32,33)23-14-4-3-5-15-23/h3-18,28H,2,19H2,1H3. The molecule has 0 aliphatic heterocycles. The van der Waals surface area contributed by atoms with Crippen molar-refractivity contribution in [3.05, 3.63) is 103 Å². The fourth-order valence-electron chi connectivity index (χ4n) is 3.74. The summed E-state index contributed by atoms with van der Waals surface area (Å²) in [4.78, 5) is 27.2. The van der Waals surface area contributed by atoms with E-state index in [4.69, 9.17) is 4.74 Å². The van der Waals surface area contributed by atoms with Crippen LogP contribution in [-0.2, 0) is 19.6 Å². The number of esters is 1. The Kier molecular flexibility index (Phi) is 7.12. The van der Waals surface area contributed by atoms with Crippen LogP contribution in [-0.4, -0.2) is 33.4 Å². The van der Waals surface area contributed by atoms with Gasteiger partial charge in [0.05, 0.1) is 16.1 Å². The molecule has 1 amide bonds. The number of sulfonamides is 1. The van der Waals surface area contributed by atoms with Crippen LogP contribution in [0.5, 0.6) is 0 Å². The predicted molar refractivity (Wildman–Crippen MR) is 136 cm³/mol. The second-order valence-electron chi connectivity index (χ2n) is 7.71. The van der Waals surface area contributed by atoms with Gasteiger partial charge in [0.25, 0.3) is 15.9 Å². The van der Waals surface area contributed by atoms with Gasteiger partial charge >= 0.3 is 5.97 Å². The van der Waals surface area contributed by atoms with Gasteiger partial charge in [-0.05, 0) is 48.7 Å². The summed E-state index contributed by atoms with van der Waals surface area (Å²) < 4.78 is 32.8. The van der Waals surface area contributed by atoms with E-state index in [1.807, 2.05) is 49.4 Å². The van der Waals surface area contributed by atoms with Crippen molar-refractivity contribution in [2.24, 2.45) is 0 Å². The van der Waals surface area contributed by atoms with Gasteiger partial charge < -0.3 is 9.64 Å². The first-order valence-corrected chi connectivity index (χ1v) is 12.5. The minimum atomic E-state index is -3.81. The molecule has 4 rings (SSSR count). The molecule has 0 radical (unpaired) electrons. The Morgan fingerprint density at radius 1 is 0.857 bits per heavy atom. The number of nitrogens with zero attached hydrogens (tertiary/aromatic N) is 1. The maximum atomic E-state index is 12.9. The molecule has 0 unspecified atom stereocenters. The zero-order chi connectivity index (χ0) is 24.8. The normalized spacial score (nSPS) is 11.1. The van der Waals surface area contributed by atoms with Crippen LogP contribution >= 0.6 is 0 Å². The fourth-order valence-corrected chi connectivity index (χ4v) is 4.81. The maximum absolute atomic E-state index is 12.9. The molecule has 0 saturated carbocycles. The topological polar surface area (TPSA) is 92.8 Å². The number of ether oxygens (including phenoxy) is 1. The van der Waals surface area contributed by atoms with Crippen molar-refractivity contribution >= 4 is 44.0 Å². The zero-order valence-electron chi connectivity index (χ0n) is 19.0. The second-order valence-corrected chi connectivity index (χ2v) is 9.39. The molecule has 0 heterocycles. The summed E-state index contributed by atoms with van der Waals surface area (Å²) in [5, 5.41) is 1.93. The summed E-state index contributed by atoms with van der Waals surface area (Å²) in [6, 6.07) is 27.3. The molecule has 0 fully saturated rings. The number of benzene rings is 4. The quantitative estimate of drug-likeness (QED) is 0.358. The lowest BCUT2D eigenvalue weighted by atomic mass is 10.1.